The van der Waals surface area contributed by atoms with Gasteiger partial charge in [0.15, 0.2) is 6.10 Å². The van der Waals surface area contributed by atoms with E-state index >= 15 is 0 Å². The summed E-state index contributed by atoms with van der Waals surface area (Å²) in [6, 6.07) is 5.46. The Hall–Kier alpha value is -2.01. The highest BCUT2D eigenvalue weighted by molar-refractivity contribution is 7.89. The molecule has 1 unspecified atom stereocenters. The predicted molar refractivity (Wildman–Crippen MR) is 86.8 cm³/mol. The van der Waals surface area contributed by atoms with E-state index in [-0.39, 0.29) is 30.1 Å². The van der Waals surface area contributed by atoms with Gasteiger partial charge in [-0.2, -0.15) is 4.31 Å². The number of sulfonamides is 1. The fraction of sp³-hybridized carbons (Fsp3) is 0.467. The molecule has 1 heterocycles. The molecular weight excluding hydrogens is 352 g/mol. The Labute approximate surface area is 145 Å². The van der Waals surface area contributed by atoms with Crippen LogP contribution in [0, 0.1) is 0 Å². The van der Waals surface area contributed by atoms with Crippen molar-refractivity contribution in [1.82, 2.24) is 9.62 Å². The molecule has 25 heavy (non-hydrogen) atoms. The van der Waals surface area contributed by atoms with Crippen molar-refractivity contribution in [2.24, 2.45) is 0 Å². The number of aliphatic carboxylic acids is 1. The molecular formula is C15H20N2O7S. The number of benzene rings is 1. The van der Waals surface area contributed by atoms with Crippen LogP contribution in [0.25, 0.3) is 0 Å². The van der Waals surface area contributed by atoms with Crippen molar-refractivity contribution >= 4 is 21.9 Å². The van der Waals surface area contributed by atoms with E-state index in [9.17, 15) is 18.0 Å². The molecule has 2 rings (SSSR count). The number of carbonyl (C=O) groups excluding carboxylic acids is 1. The lowest BCUT2D eigenvalue weighted by atomic mass is 10.2. The summed E-state index contributed by atoms with van der Waals surface area (Å²) in [6.45, 7) is 1.09. The highest BCUT2D eigenvalue weighted by Gasteiger charge is 2.26. The van der Waals surface area contributed by atoms with Gasteiger partial charge in [0, 0.05) is 25.8 Å². The quantitative estimate of drug-likeness (QED) is 0.664. The Morgan fingerprint density at radius 2 is 1.88 bits per heavy atom. The van der Waals surface area contributed by atoms with Crippen LogP contribution in [0.2, 0.25) is 0 Å². The molecule has 1 saturated heterocycles. The molecule has 2 N–H and O–H groups in total. The molecule has 9 nitrogen and oxygen atoms in total. The average molecular weight is 372 g/mol. The lowest BCUT2D eigenvalue weighted by molar-refractivity contribution is -0.148. The van der Waals surface area contributed by atoms with Crippen LogP contribution in [0.4, 0.5) is 0 Å². The van der Waals surface area contributed by atoms with Crippen LogP contribution >= 0.6 is 0 Å². The van der Waals surface area contributed by atoms with E-state index in [1.165, 1.54) is 35.7 Å². The van der Waals surface area contributed by atoms with Crippen molar-refractivity contribution in [3.8, 4) is 0 Å². The van der Waals surface area contributed by atoms with Crippen molar-refractivity contribution in [3.05, 3.63) is 29.8 Å². The maximum absolute atomic E-state index is 12.5. The normalized spacial score (nSPS) is 17.0. The van der Waals surface area contributed by atoms with Gasteiger partial charge in [-0.1, -0.05) is 0 Å². The molecule has 10 heteroatoms. The highest BCUT2D eigenvalue weighted by Crippen LogP contribution is 2.17. The van der Waals surface area contributed by atoms with Gasteiger partial charge in [0.25, 0.3) is 5.91 Å². The second-order valence-electron chi connectivity index (χ2n) is 5.31. The SMILES string of the molecule is COC(CNC(=O)c1ccc(S(=O)(=O)N2CCOCC2)cc1)C(=O)O. The number of hydrogen-bond acceptors (Lipinski definition) is 6. The summed E-state index contributed by atoms with van der Waals surface area (Å²) in [7, 11) is -2.39. The topological polar surface area (TPSA) is 122 Å². The second-order valence-corrected chi connectivity index (χ2v) is 7.25. The summed E-state index contributed by atoms with van der Waals surface area (Å²) in [4.78, 5) is 22.9. The molecule has 1 aromatic rings. The van der Waals surface area contributed by atoms with Crippen LogP contribution in [-0.2, 0) is 24.3 Å². The zero-order chi connectivity index (χ0) is 18.4. The van der Waals surface area contributed by atoms with Crippen LogP contribution in [0.15, 0.2) is 29.2 Å². The molecule has 1 aliphatic heterocycles. The molecule has 1 fully saturated rings. The molecule has 0 spiro atoms. The summed E-state index contributed by atoms with van der Waals surface area (Å²) >= 11 is 0. The number of carboxylic acids is 1. The van der Waals surface area contributed by atoms with Gasteiger partial charge in [0.2, 0.25) is 10.0 Å². The van der Waals surface area contributed by atoms with Crippen molar-refractivity contribution in [2.45, 2.75) is 11.0 Å². The van der Waals surface area contributed by atoms with Crippen molar-refractivity contribution in [3.63, 3.8) is 0 Å². The van der Waals surface area contributed by atoms with Gasteiger partial charge in [-0.3, -0.25) is 4.79 Å². The number of hydrogen-bond donors (Lipinski definition) is 2. The van der Waals surface area contributed by atoms with Crippen LogP contribution < -0.4 is 5.32 Å². The third kappa shape index (κ3) is 4.75. The molecule has 1 atom stereocenters. The Bertz CT molecular complexity index is 712. The lowest BCUT2D eigenvalue weighted by Crippen LogP contribution is -2.40. The first-order chi connectivity index (χ1) is 11.9. The minimum atomic E-state index is -3.62. The number of ether oxygens (including phenoxy) is 2. The van der Waals surface area contributed by atoms with E-state index in [0.29, 0.717) is 13.2 Å². The number of carbonyl (C=O) groups is 2. The van der Waals surface area contributed by atoms with Crippen molar-refractivity contribution in [2.75, 3.05) is 40.0 Å². The lowest BCUT2D eigenvalue weighted by Gasteiger charge is -2.26. The molecule has 0 radical (unpaired) electrons. The Kier molecular flexibility index (Phi) is 6.48. The summed E-state index contributed by atoms with van der Waals surface area (Å²) in [6.07, 6.45) is -1.15. The largest absolute Gasteiger partial charge is 0.479 e. The summed E-state index contributed by atoms with van der Waals surface area (Å²) < 4.78 is 36.2. The number of nitrogens with one attached hydrogen (secondary N) is 1. The van der Waals surface area contributed by atoms with Gasteiger partial charge in [-0.25, -0.2) is 13.2 Å². The summed E-state index contributed by atoms with van der Waals surface area (Å²) in [5.74, 6) is -1.70. The van der Waals surface area contributed by atoms with Gasteiger partial charge in [0.1, 0.15) is 0 Å². The molecule has 1 aromatic carbocycles. The maximum atomic E-state index is 12.5. The fourth-order valence-corrected chi connectivity index (χ4v) is 3.68. The molecule has 1 amide bonds. The smallest absolute Gasteiger partial charge is 0.334 e. The number of amides is 1. The Morgan fingerprint density at radius 1 is 1.28 bits per heavy atom. The second kappa shape index (κ2) is 8.39. The van der Waals surface area contributed by atoms with Crippen molar-refractivity contribution in [1.29, 1.82) is 0 Å². The molecule has 1 aliphatic rings. The standard InChI is InChI=1S/C15H20N2O7S/c1-23-13(15(19)20)10-16-14(18)11-2-4-12(5-3-11)25(21,22)17-6-8-24-9-7-17/h2-5,13H,6-10H2,1H3,(H,16,18)(H,19,20). The Balaban J connectivity index is 2.03. The summed E-state index contributed by atoms with van der Waals surface area (Å²) in [5, 5.41) is 11.3. The fourth-order valence-electron chi connectivity index (χ4n) is 2.27. The van der Waals surface area contributed by atoms with E-state index in [1.54, 1.807) is 0 Å². The van der Waals surface area contributed by atoms with Gasteiger partial charge in [0.05, 0.1) is 24.7 Å². The molecule has 0 bridgehead atoms. The van der Waals surface area contributed by atoms with E-state index in [4.69, 9.17) is 14.6 Å². The van der Waals surface area contributed by atoms with Gasteiger partial charge in [-0.05, 0) is 24.3 Å². The zero-order valence-electron chi connectivity index (χ0n) is 13.7. The van der Waals surface area contributed by atoms with Gasteiger partial charge in [-0.15, -0.1) is 0 Å². The van der Waals surface area contributed by atoms with Crippen LogP contribution in [0.5, 0.6) is 0 Å². The van der Waals surface area contributed by atoms with E-state index in [0.717, 1.165) is 0 Å². The first kappa shape index (κ1) is 19.3. The molecule has 0 aliphatic carbocycles. The number of nitrogens with zero attached hydrogens (tertiary/aromatic N) is 1. The van der Waals surface area contributed by atoms with Crippen LogP contribution in [-0.4, -0.2) is 75.8 Å². The molecule has 0 saturated carbocycles. The van der Waals surface area contributed by atoms with Crippen LogP contribution in [0.3, 0.4) is 0 Å². The number of carboxylic acid groups (broad SMARTS) is 1. The average Bonchev–Trinajstić information content (AvgIpc) is 2.62. The minimum absolute atomic E-state index is 0.0891. The minimum Gasteiger partial charge on any atom is -0.479 e. The monoisotopic (exact) mass is 372 g/mol. The zero-order valence-corrected chi connectivity index (χ0v) is 14.5. The maximum Gasteiger partial charge on any atom is 0.334 e. The van der Waals surface area contributed by atoms with E-state index < -0.39 is 28.0 Å². The predicted octanol–water partition coefficient (Wildman–Crippen LogP) is -0.463. The number of morpholine rings is 1. The highest BCUT2D eigenvalue weighted by atomic mass is 32.2. The van der Waals surface area contributed by atoms with Crippen LogP contribution in [0.1, 0.15) is 10.4 Å². The number of rotatable bonds is 7. The van der Waals surface area contributed by atoms with Gasteiger partial charge < -0.3 is 19.9 Å². The molecule has 0 aromatic heterocycles. The Morgan fingerprint density at radius 3 is 2.40 bits per heavy atom. The molecule has 138 valence electrons. The van der Waals surface area contributed by atoms with E-state index in [1.807, 2.05) is 0 Å². The number of methoxy groups -OCH3 is 1. The van der Waals surface area contributed by atoms with Gasteiger partial charge >= 0.3 is 5.97 Å². The first-order valence-corrected chi connectivity index (χ1v) is 9.02. The third-order valence-electron chi connectivity index (χ3n) is 3.73. The van der Waals surface area contributed by atoms with Crippen molar-refractivity contribution < 1.29 is 32.6 Å². The third-order valence-corrected chi connectivity index (χ3v) is 5.65. The van der Waals surface area contributed by atoms with E-state index in [2.05, 4.69) is 5.32 Å². The summed E-state index contributed by atoms with van der Waals surface area (Å²) in [5.41, 5.74) is 0.223. The first-order valence-electron chi connectivity index (χ1n) is 7.58.